The zero-order chi connectivity index (χ0) is 24.3. The van der Waals surface area contributed by atoms with Gasteiger partial charge in [0.05, 0.1) is 16.3 Å². The summed E-state index contributed by atoms with van der Waals surface area (Å²) in [5, 5.41) is 0. The number of amides is 1. The van der Waals surface area contributed by atoms with Crippen molar-refractivity contribution < 1.29 is 13.2 Å². The van der Waals surface area contributed by atoms with Crippen LogP contribution in [0.3, 0.4) is 0 Å². The van der Waals surface area contributed by atoms with Crippen LogP contribution in [0.25, 0.3) is 5.69 Å². The molecule has 8 nitrogen and oxygen atoms in total. The summed E-state index contributed by atoms with van der Waals surface area (Å²) in [6.07, 6.45) is 1.81. The molecule has 0 aliphatic rings. The number of hydrogen-bond donors (Lipinski definition) is 1. The van der Waals surface area contributed by atoms with E-state index in [4.69, 9.17) is 0 Å². The van der Waals surface area contributed by atoms with Crippen LogP contribution >= 0.6 is 0 Å². The Kier molecular flexibility index (Phi) is 7.12. The van der Waals surface area contributed by atoms with Crippen LogP contribution in [0.1, 0.15) is 41.4 Å². The Hall–Kier alpha value is -3.33. The molecule has 0 unspecified atom stereocenters. The van der Waals surface area contributed by atoms with E-state index in [0.29, 0.717) is 29.1 Å². The van der Waals surface area contributed by atoms with Crippen molar-refractivity contribution in [2.75, 3.05) is 18.3 Å². The Balaban J connectivity index is 1.98. The number of rotatable bonds is 8. The Morgan fingerprint density at radius 1 is 1.09 bits per heavy atom. The molecule has 1 heterocycles. The molecule has 0 spiro atoms. The van der Waals surface area contributed by atoms with Crippen LogP contribution in [0.5, 0.6) is 0 Å². The van der Waals surface area contributed by atoms with Gasteiger partial charge >= 0.3 is 0 Å². The maximum absolute atomic E-state index is 13.2. The molecule has 3 aromatic rings. The summed E-state index contributed by atoms with van der Waals surface area (Å²) < 4.78 is 31.8. The minimum absolute atomic E-state index is 0.0325. The molecule has 176 valence electrons. The van der Waals surface area contributed by atoms with Crippen LogP contribution in [0, 0.1) is 13.8 Å². The van der Waals surface area contributed by atoms with Crippen molar-refractivity contribution in [2.24, 2.45) is 7.05 Å². The predicted octanol–water partition coefficient (Wildman–Crippen LogP) is 3.47. The second-order valence-electron chi connectivity index (χ2n) is 8.10. The smallest absolute Gasteiger partial charge is 0.296 e. The number of nitrogens with zero attached hydrogens (tertiary/aromatic N) is 3. The van der Waals surface area contributed by atoms with Crippen LogP contribution in [-0.2, 0) is 17.1 Å². The monoisotopic (exact) mass is 470 g/mol. The zero-order valence-corrected chi connectivity index (χ0v) is 20.4. The van der Waals surface area contributed by atoms with E-state index in [1.807, 2.05) is 13.0 Å². The van der Waals surface area contributed by atoms with Gasteiger partial charge in [-0.15, -0.1) is 0 Å². The first kappa shape index (κ1) is 24.3. The average molecular weight is 471 g/mol. The number of unbranched alkanes of at least 4 members (excludes halogenated alkanes) is 1. The van der Waals surface area contributed by atoms with E-state index >= 15 is 0 Å². The zero-order valence-electron chi connectivity index (χ0n) is 19.6. The number of sulfonamides is 1. The van der Waals surface area contributed by atoms with Gasteiger partial charge in [-0.05, 0) is 50.1 Å². The number of carbonyl (C=O) groups excluding carboxylic acids is 1. The van der Waals surface area contributed by atoms with E-state index in [2.05, 4.69) is 4.72 Å². The molecule has 2 aromatic carbocycles. The van der Waals surface area contributed by atoms with E-state index in [1.165, 1.54) is 16.8 Å². The summed E-state index contributed by atoms with van der Waals surface area (Å²) >= 11 is 0. The minimum Gasteiger partial charge on any atom is -0.342 e. The second kappa shape index (κ2) is 9.66. The molecule has 0 radical (unpaired) electrons. The number of aromatic nitrogens is 2. The van der Waals surface area contributed by atoms with Gasteiger partial charge in [0, 0.05) is 26.2 Å². The van der Waals surface area contributed by atoms with Crippen molar-refractivity contribution in [1.82, 2.24) is 14.3 Å². The van der Waals surface area contributed by atoms with E-state index in [9.17, 15) is 18.0 Å². The quantitative estimate of drug-likeness (QED) is 0.546. The normalized spacial score (nSPS) is 11.4. The van der Waals surface area contributed by atoms with Crippen molar-refractivity contribution in [2.45, 2.75) is 38.5 Å². The Bertz CT molecular complexity index is 1320. The Morgan fingerprint density at radius 3 is 2.39 bits per heavy atom. The summed E-state index contributed by atoms with van der Waals surface area (Å²) in [5.41, 5.74) is 1.59. The molecule has 0 fully saturated rings. The fraction of sp³-hybridized carbons (Fsp3) is 0.333. The molecule has 1 amide bonds. The van der Waals surface area contributed by atoms with Gasteiger partial charge in [-0.1, -0.05) is 37.6 Å². The molecule has 3 rings (SSSR count). The summed E-state index contributed by atoms with van der Waals surface area (Å²) in [6.45, 7) is 6.07. The number of para-hydroxylation sites is 1. The van der Waals surface area contributed by atoms with Crippen LogP contribution < -0.4 is 10.3 Å². The van der Waals surface area contributed by atoms with E-state index < -0.39 is 15.6 Å². The molecular formula is C24H30N4O4S. The lowest BCUT2D eigenvalue weighted by molar-refractivity contribution is 0.0792. The third-order valence-corrected chi connectivity index (χ3v) is 7.08. The van der Waals surface area contributed by atoms with E-state index in [-0.39, 0.29) is 16.5 Å². The summed E-state index contributed by atoms with van der Waals surface area (Å²) in [7, 11) is -0.711. The number of nitrogens with one attached hydrogen (secondary N) is 1. The highest BCUT2D eigenvalue weighted by atomic mass is 32.2. The highest BCUT2D eigenvalue weighted by Gasteiger charge is 2.24. The van der Waals surface area contributed by atoms with Crippen molar-refractivity contribution in [3.63, 3.8) is 0 Å². The van der Waals surface area contributed by atoms with E-state index in [1.54, 1.807) is 67.9 Å². The summed E-state index contributed by atoms with van der Waals surface area (Å²) in [6, 6.07) is 13.4. The van der Waals surface area contributed by atoms with Crippen LogP contribution in [0.4, 0.5) is 5.69 Å². The van der Waals surface area contributed by atoms with Gasteiger partial charge in [0.2, 0.25) is 0 Å². The molecule has 0 bridgehead atoms. The molecular weight excluding hydrogens is 440 g/mol. The first-order valence-electron chi connectivity index (χ1n) is 10.8. The van der Waals surface area contributed by atoms with Crippen LogP contribution in [0.2, 0.25) is 0 Å². The van der Waals surface area contributed by atoms with Gasteiger partial charge in [0.1, 0.15) is 5.69 Å². The Morgan fingerprint density at radius 2 is 1.76 bits per heavy atom. The van der Waals surface area contributed by atoms with Gasteiger partial charge in [-0.25, -0.2) is 13.1 Å². The lowest BCUT2D eigenvalue weighted by Crippen LogP contribution is -2.28. The van der Waals surface area contributed by atoms with Gasteiger partial charge in [-0.3, -0.25) is 19.0 Å². The predicted molar refractivity (Wildman–Crippen MR) is 130 cm³/mol. The SMILES string of the molecule is CCCCN(C)C(=O)c1cc(S(=O)(=O)Nc2c(C)n(C)n(-c3ccccc3)c2=O)ccc1C. The van der Waals surface area contributed by atoms with Gasteiger partial charge in [-0.2, -0.15) is 0 Å². The molecule has 33 heavy (non-hydrogen) atoms. The molecule has 0 atom stereocenters. The van der Waals surface area contributed by atoms with Crippen LogP contribution in [0.15, 0.2) is 58.2 Å². The number of hydrogen-bond acceptors (Lipinski definition) is 4. The number of carbonyl (C=O) groups is 1. The van der Waals surface area contributed by atoms with Gasteiger partial charge in [0.15, 0.2) is 0 Å². The third-order valence-electron chi connectivity index (χ3n) is 5.73. The number of benzene rings is 2. The Labute approximate surface area is 194 Å². The highest BCUT2D eigenvalue weighted by Crippen LogP contribution is 2.22. The highest BCUT2D eigenvalue weighted by molar-refractivity contribution is 7.92. The lowest BCUT2D eigenvalue weighted by atomic mass is 10.1. The molecule has 1 N–H and O–H groups in total. The lowest BCUT2D eigenvalue weighted by Gasteiger charge is -2.18. The van der Waals surface area contributed by atoms with Crippen molar-refractivity contribution in [1.29, 1.82) is 0 Å². The summed E-state index contributed by atoms with van der Waals surface area (Å²) in [4.78, 5) is 27.5. The van der Waals surface area contributed by atoms with Gasteiger partial charge < -0.3 is 4.90 Å². The first-order valence-corrected chi connectivity index (χ1v) is 12.3. The molecule has 1 aromatic heterocycles. The summed E-state index contributed by atoms with van der Waals surface area (Å²) in [5.74, 6) is -0.236. The van der Waals surface area contributed by atoms with Gasteiger partial charge in [0.25, 0.3) is 21.5 Å². The molecule has 0 saturated heterocycles. The second-order valence-corrected chi connectivity index (χ2v) is 9.78. The fourth-order valence-corrected chi connectivity index (χ4v) is 4.72. The maximum atomic E-state index is 13.2. The van der Waals surface area contributed by atoms with Crippen molar-refractivity contribution >= 4 is 21.6 Å². The van der Waals surface area contributed by atoms with Crippen molar-refractivity contribution in [3.05, 3.63) is 75.7 Å². The maximum Gasteiger partial charge on any atom is 0.296 e. The standard InChI is InChI=1S/C24H30N4O4S/c1-6-7-15-26(4)23(29)21-16-20(14-13-17(21)2)33(31,32)25-22-18(3)27(5)28(24(22)30)19-11-9-8-10-12-19/h8-14,16,25H,6-7,15H2,1-5H3. The molecule has 0 aliphatic heterocycles. The van der Waals surface area contributed by atoms with E-state index in [0.717, 1.165) is 12.8 Å². The largest absolute Gasteiger partial charge is 0.342 e. The molecule has 0 aliphatic carbocycles. The number of aryl methyl sites for hydroxylation is 1. The molecule has 0 saturated carbocycles. The topological polar surface area (TPSA) is 93.4 Å². The van der Waals surface area contributed by atoms with Crippen molar-refractivity contribution in [3.8, 4) is 5.69 Å². The average Bonchev–Trinajstić information content (AvgIpc) is 3.00. The number of anilines is 1. The molecule has 9 heteroatoms. The third kappa shape index (κ3) is 4.88. The fourth-order valence-electron chi connectivity index (χ4n) is 3.58. The minimum atomic E-state index is -4.11. The first-order chi connectivity index (χ1) is 15.6. The van der Waals surface area contributed by atoms with Crippen LogP contribution in [-0.4, -0.2) is 42.2 Å².